The fourth-order valence-electron chi connectivity index (χ4n) is 1.57. The summed E-state index contributed by atoms with van der Waals surface area (Å²) in [6.07, 6.45) is 2.50. The van der Waals surface area contributed by atoms with Crippen molar-refractivity contribution in [3.8, 4) is 11.5 Å². The molecule has 1 heterocycles. The molecule has 2 aromatic rings. The number of ether oxygens (including phenoxy) is 2. The molecule has 0 bridgehead atoms. The van der Waals surface area contributed by atoms with Crippen molar-refractivity contribution in [3.63, 3.8) is 0 Å². The monoisotopic (exact) mass is 249 g/mol. The van der Waals surface area contributed by atoms with Crippen LogP contribution < -0.4 is 9.47 Å². The molecule has 96 valence electrons. The molecule has 2 rings (SSSR count). The average Bonchev–Trinajstić information content (AvgIpc) is 2.88. The molecule has 0 amide bonds. The Labute approximate surface area is 105 Å². The summed E-state index contributed by atoms with van der Waals surface area (Å²) in [6, 6.07) is 5.32. The van der Waals surface area contributed by atoms with Crippen molar-refractivity contribution in [2.24, 2.45) is 0 Å². The first-order valence-corrected chi connectivity index (χ1v) is 5.57. The molecule has 1 aromatic carbocycles. The van der Waals surface area contributed by atoms with Gasteiger partial charge in [-0.15, -0.1) is 0 Å². The summed E-state index contributed by atoms with van der Waals surface area (Å²) in [7, 11) is 1.58. The van der Waals surface area contributed by atoms with Gasteiger partial charge in [0.25, 0.3) is 0 Å². The van der Waals surface area contributed by atoms with E-state index < -0.39 is 6.10 Å². The molecular formula is C13H15NO4. The van der Waals surface area contributed by atoms with Crippen LogP contribution in [0.2, 0.25) is 0 Å². The Balaban J connectivity index is 2.18. The van der Waals surface area contributed by atoms with E-state index in [-0.39, 0.29) is 0 Å². The molecule has 18 heavy (non-hydrogen) atoms. The minimum Gasteiger partial charge on any atom is -0.497 e. The van der Waals surface area contributed by atoms with Gasteiger partial charge in [0, 0.05) is 17.2 Å². The summed E-state index contributed by atoms with van der Waals surface area (Å²) < 4.78 is 15.5. The first kappa shape index (κ1) is 12.4. The van der Waals surface area contributed by atoms with Crippen LogP contribution >= 0.6 is 0 Å². The molecule has 0 aliphatic carbocycles. The van der Waals surface area contributed by atoms with Gasteiger partial charge in [0.1, 0.15) is 24.4 Å². The number of hydrogen-bond acceptors (Lipinski definition) is 5. The maximum atomic E-state index is 9.67. The molecule has 0 aliphatic rings. The Morgan fingerprint density at radius 2 is 2.28 bits per heavy atom. The molecule has 5 nitrogen and oxygen atoms in total. The van der Waals surface area contributed by atoms with Crippen molar-refractivity contribution < 1.29 is 19.1 Å². The third-order valence-electron chi connectivity index (χ3n) is 2.55. The van der Waals surface area contributed by atoms with Gasteiger partial charge in [0.15, 0.2) is 0 Å². The van der Waals surface area contributed by atoms with Crippen molar-refractivity contribution in [2.45, 2.75) is 19.6 Å². The van der Waals surface area contributed by atoms with Gasteiger partial charge in [-0.2, -0.15) is 0 Å². The summed E-state index contributed by atoms with van der Waals surface area (Å²) in [5.41, 5.74) is 1.54. The number of aliphatic hydroxyl groups excluding tert-OH is 1. The van der Waals surface area contributed by atoms with E-state index in [0.29, 0.717) is 23.7 Å². The smallest absolute Gasteiger partial charge is 0.130 e. The van der Waals surface area contributed by atoms with Crippen LogP contribution in [0.1, 0.15) is 24.2 Å². The molecular weight excluding hydrogens is 234 g/mol. The van der Waals surface area contributed by atoms with Crippen LogP contribution in [-0.2, 0) is 6.61 Å². The fourth-order valence-corrected chi connectivity index (χ4v) is 1.57. The molecule has 1 aromatic heterocycles. The standard InChI is InChI=1S/C13H15NO4/c1-9(15)12-4-3-11(16-2)5-13(12)17-7-10-6-14-18-8-10/h3-6,8-9,15H,7H2,1-2H3/t9-/m0/s1. The van der Waals surface area contributed by atoms with Crippen molar-refractivity contribution >= 4 is 0 Å². The van der Waals surface area contributed by atoms with E-state index in [1.165, 1.54) is 6.26 Å². The first-order valence-electron chi connectivity index (χ1n) is 5.57. The number of aromatic nitrogens is 1. The summed E-state index contributed by atoms with van der Waals surface area (Å²) in [5, 5.41) is 13.3. The van der Waals surface area contributed by atoms with Crippen LogP contribution in [0, 0.1) is 0 Å². The second-order valence-corrected chi connectivity index (χ2v) is 3.90. The van der Waals surface area contributed by atoms with Gasteiger partial charge in [-0.25, -0.2) is 0 Å². The van der Waals surface area contributed by atoms with Gasteiger partial charge in [0.05, 0.1) is 19.4 Å². The summed E-state index contributed by atoms with van der Waals surface area (Å²) in [4.78, 5) is 0. The maximum absolute atomic E-state index is 9.67. The molecule has 1 atom stereocenters. The van der Waals surface area contributed by atoms with Gasteiger partial charge in [-0.1, -0.05) is 5.16 Å². The zero-order chi connectivity index (χ0) is 13.0. The van der Waals surface area contributed by atoms with Crippen LogP contribution in [0.5, 0.6) is 11.5 Å². The molecule has 0 aliphatic heterocycles. The lowest BCUT2D eigenvalue weighted by molar-refractivity contribution is 0.189. The quantitative estimate of drug-likeness (QED) is 0.880. The molecule has 0 saturated carbocycles. The highest BCUT2D eigenvalue weighted by atomic mass is 16.5. The van der Waals surface area contributed by atoms with Crippen LogP contribution in [0.25, 0.3) is 0 Å². The van der Waals surface area contributed by atoms with Crippen molar-refractivity contribution in [2.75, 3.05) is 7.11 Å². The van der Waals surface area contributed by atoms with Crippen molar-refractivity contribution in [3.05, 3.63) is 41.8 Å². The second kappa shape index (κ2) is 5.55. The second-order valence-electron chi connectivity index (χ2n) is 3.90. The van der Waals surface area contributed by atoms with E-state index in [0.717, 1.165) is 5.56 Å². The molecule has 0 saturated heterocycles. The van der Waals surface area contributed by atoms with Crippen molar-refractivity contribution in [1.82, 2.24) is 5.16 Å². The number of benzene rings is 1. The summed E-state index contributed by atoms with van der Waals surface area (Å²) in [6.45, 7) is 2.02. The number of aliphatic hydroxyl groups is 1. The highest BCUT2D eigenvalue weighted by molar-refractivity contribution is 5.41. The van der Waals surface area contributed by atoms with Gasteiger partial charge in [-0.05, 0) is 19.1 Å². The molecule has 1 N–H and O–H groups in total. The van der Waals surface area contributed by atoms with E-state index in [9.17, 15) is 5.11 Å². The van der Waals surface area contributed by atoms with Crippen LogP contribution in [0.3, 0.4) is 0 Å². The van der Waals surface area contributed by atoms with E-state index in [1.807, 2.05) is 0 Å². The van der Waals surface area contributed by atoms with E-state index in [4.69, 9.17) is 14.0 Å². The molecule has 0 spiro atoms. The number of methoxy groups -OCH3 is 1. The Morgan fingerprint density at radius 1 is 1.44 bits per heavy atom. The van der Waals surface area contributed by atoms with Crippen LogP contribution in [-0.4, -0.2) is 17.4 Å². The van der Waals surface area contributed by atoms with Crippen molar-refractivity contribution in [1.29, 1.82) is 0 Å². The highest BCUT2D eigenvalue weighted by Crippen LogP contribution is 2.30. The Bertz CT molecular complexity index is 494. The molecule has 0 fully saturated rings. The summed E-state index contributed by atoms with van der Waals surface area (Å²) >= 11 is 0. The Morgan fingerprint density at radius 3 is 2.89 bits per heavy atom. The molecule has 5 heteroatoms. The first-order chi connectivity index (χ1) is 8.70. The van der Waals surface area contributed by atoms with E-state index >= 15 is 0 Å². The highest BCUT2D eigenvalue weighted by Gasteiger charge is 2.11. The maximum Gasteiger partial charge on any atom is 0.130 e. The van der Waals surface area contributed by atoms with E-state index in [2.05, 4.69) is 5.16 Å². The predicted octanol–water partition coefficient (Wildman–Crippen LogP) is 2.32. The van der Waals surface area contributed by atoms with Gasteiger partial charge < -0.3 is 19.1 Å². The Hall–Kier alpha value is -2.01. The normalized spacial score (nSPS) is 12.2. The minimum absolute atomic E-state index is 0.330. The SMILES string of the molecule is COc1ccc([C@H](C)O)c(OCc2cnoc2)c1. The van der Waals surface area contributed by atoms with Crippen LogP contribution in [0.15, 0.2) is 35.2 Å². The van der Waals surface area contributed by atoms with Gasteiger partial charge in [0.2, 0.25) is 0 Å². The zero-order valence-corrected chi connectivity index (χ0v) is 10.3. The van der Waals surface area contributed by atoms with E-state index in [1.54, 1.807) is 38.4 Å². The third-order valence-corrected chi connectivity index (χ3v) is 2.55. The summed E-state index contributed by atoms with van der Waals surface area (Å²) in [5.74, 6) is 1.27. The lowest BCUT2D eigenvalue weighted by atomic mass is 10.1. The number of hydrogen-bond donors (Lipinski definition) is 1. The minimum atomic E-state index is -0.603. The Kier molecular flexibility index (Phi) is 3.84. The molecule has 0 radical (unpaired) electrons. The van der Waals surface area contributed by atoms with Crippen LogP contribution in [0.4, 0.5) is 0 Å². The van der Waals surface area contributed by atoms with Gasteiger partial charge in [-0.3, -0.25) is 0 Å². The average molecular weight is 249 g/mol. The predicted molar refractivity (Wildman–Crippen MR) is 64.5 cm³/mol. The number of nitrogens with zero attached hydrogens (tertiary/aromatic N) is 1. The topological polar surface area (TPSA) is 64.7 Å². The lowest BCUT2D eigenvalue weighted by Gasteiger charge is -2.14. The third kappa shape index (κ3) is 2.81. The fraction of sp³-hybridized carbons (Fsp3) is 0.308. The zero-order valence-electron chi connectivity index (χ0n) is 10.3. The largest absolute Gasteiger partial charge is 0.497 e. The van der Waals surface area contributed by atoms with Gasteiger partial charge >= 0.3 is 0 Å². The lowest BCUT2D eigenvalue weighted by Crippen LogP contribution is -2.01. The number of rotatable bonds is 5. The molecule has 0 unspecified atom stereocenters.